The van der Waals surface area contributed by atoms with Crippen molar-refractivity contribution in [3.63, 3.8) is 0 Å². The third kappa shape index (κ3) is 3.52. The monoisotopic (exact) mass is 402 g/mol. The normalized spacial score (nSPS) is 18.4. The molecular weight excluding hydrogens is 380 g/mol. The van der Waals surface area contributed by atoms with Crippen LogP contribution < -0.4 is 0 Å². The van der Waals surface area contributed by atoms with Gasteiger partial charge in [-0.05, 0) is 41.3 Å². The van der Waals surface area contributed by atoms with Crippen LogP contribution in [0.1, 0.15) is 48.3 Å². The fourth-order valence-electron chi connectivity index (χ4n) is 3.69. The number of hydrogen-bond donors (Lipinski definition) is 1. The number of ketones is 1. The van der Waals surface area contributed by atoms with E-state index in [1.54, 1.807) is 24.3 Å². The van der Waals surface area contributed by atoms with Crippen molar-refractivity contribution in [1.82, 2.24) is 9.88 Å². The van der Waals surface area contributed by atoms with Crippen LogP contribution in [-0.2, 0) is 16.1 Å². The lowest BCUT2D eigenvalue weighted by Gasteiger charge is -2.25. The van der Waals surface area contributed by atoms with E-state index >= 15 is 0 Å². The third-order valence-electron chi connectivity index (χ3n) is 5.32. The molecule has 1 aliphatic rings. The first-order valence-corrected chi connectivity index (χ1v) is 9.78. The molecule has 0 saturated carbocycles. The van der Waals surface area contributed by atoms with Gasteiger partial charge in [-0.1, -0.05) is 38.1 Å². The highest BCUT2D eigenvalue weighted by Crippen LogP contribution is 2.40. The smallest absolute Gasteiger partial charge is 0.296 e. The van der Waals surface area contributed by atoms with Gasteiger partial charge in [0.15, 0.2) is 0 Å². The highest BCUT2D eigenvalue weighted by Gasteiger charge is 2.46. The lowest BCUT2D eigenvalue weighted by molar-refractivity contribution is -0.140. The van der Waals surface area contributed by atoms with Crippen molar-refractivity contribution in [1.29, 1.82) is 0 Å². The van der Waals surface area contributed by atoms with Crippen molar-refractivity contribution >= 4 is 17.4 Å². The van der Waals surface area contributed by atoms with Gasteiger partial charge in [-0.2, -0.15) is 0 Å². The number of nitrogens with zero attached hydrogens (tertiary/aromatic N) is 2. The van der Waals surface area contributed by atoms with Crippen molar-refractivity contribution in [3.05, 3.63) is 95.2 Å². The molecule has 6 nitrogen and oxygen atoms in total. The number of hydrogen-bond acceptors (Lipinski definition) is 5. The molecule has 1 aliphatic heterocycles. The van der Waals surface area contributed by atoms with Gasteiger partial charge in [0.05, 0.1) is 24.4 Å². The minimum atomic E-state index is -0.718. The second kappa shape index (κ2) is 7.99. The molecule has 6 heteroatoms. The second-order valence-electron chi connectivity index (χ2n) is 7.56. The zero-order valence-corrected chi connectivity index (χ0v) is 16.8. The van der Waals surface area contributed by atoms with Gasteiger partial charge in [-0.3, -0.25) is 14.6 Å². The van der Waals surface area contributed by atoms with E-state index in [1.165, 1.54) is 23.6 Å². The van der Waals surface area contributed by atoms with Gasteiger partial charge in [-0.15, -0.1) is 0 Å². The summed E-state index contributed by atoms with van der Waals surface area (Å²) in [7, 11) is 0. The van der Waals surface area contributed by atoms with Crippen LogP contribution in [0.2, 0.25) is 0 Å². The molecule has 1 atom stereocenters. The molecule has 0 bridgehead atoms. The summed E-state index contributed by atoms with van der Waals surface area (Å²) in [5.41, 5.74) is 2.40. The maximum Gasteiger partial charge on any atom is 0.296 e. The molecule has 1 N–H and O–H groups in total. The Balaban J connectivity index is 1.85. The van der Waals surface area contributed by atoms with E-state index in [0.29, 0.717) is 17.2 Å². The number of aliphatic hydroxyl groups excluding tert-OH is 1. The standard InChI is InChI=1S/C24H22N2O4/c1-15(2)16-5-7-17(8-6-16)21-20(22(27)18-9-11-25-12-10-18)23(28)24(29)26(21)14-19-4-3-13-30-19/h3-13,15,21,27H,14H2,1-2H3/b22-20-. The molecule has 0 spiro atoms. The van der Waals surface area contributed by atoms with Crippen LogP contribution in [-0.4, -0.2) is 26.7 Å². The number of amides is 1. The van der Waals surface area contributed by atoms with Gasteiger partial charge in [0.1, 0.15) is 11.5 Å². The molecule has 3 aromatic rings. The zero-order chi connectivity index (χ0) is 21.3. The van der Waals surface area contributed by atoms with Crippen molar-refractivity contribution in [3.8, 4) is 0 Å². The summed E-state index contributed by atoms with van der Waals surface area (Å²) in [6, 6.07) is 13.8. The second-order valence-corrected chi connectivity index (χ2v) is 7.56. The molecule has 0 aliphatic carbocycles. The van der Waals surface area contributed by atoms with E-state index in [4.69, 9.17) is 4.42 Å². The number of pyridine rings is 1. The Morgan fingerprint density at radius 2 is 1.80 bits per heavy atom. The molecule has 3 heterocycles. The van der Waals surface area contributed by atoms with Crippen LogP contribution in [0.15, 0.2) is 77.2 Å². The molecule has 152 valence electrons. The maximum atomic E-state index is 13.0. The Morgan fingerprint density at radius 3 is 2.40 bits per heavy atom. The van der Waals surface area contributed by atoms with Crippen LogP contribution >= 0.6 is 0 Å². The van der Waals surface area contributed by atoms with Crippen LogP contribution in [0.5, 0.6) is 0 Å². The van der Waals surface area contributed by atoms with Crippen LogP contribution in [0.3, 0.4) is 0 Å². The zero-order valence-electron chi connectivity index (χ0n) is 16.8. The fraction of sp³-hybridized carbons (Fsp3) is 0.208. The summed E-state index contributed by atoms with van der Waals surface area (Å²) in [5, 5.41) is 11.0. The summed E-state index contributed by atoms with van der Waals surface area (Å²) in [5.74, 6) is -0.681. The largest absolute Gasteiger partial charge is 0.507 e. The topological polar surface area (TPSA) is 83.6 Å². The molecule has 4 rings (SSSR count). The quantitative estimate of drug-likeness (QED) is 0.388. The third-order valence-corrected chi connectivity index (χ3v) is 5.32. The summed E-state index contributed by atoms with van der Waals surface area (Å²) >= 11 is 0. The minimum absolute atomic E-state index is 0.0649. The number of furan rings is 1. The van der Waals surface area contributed by atoms with Gasteiger partial charge in [-0.25, -0.2) is 0 Å². The van der Waals surface area contributed by atoms with Gasteiger partial charge in [0.25, 0.3) is 11.7 Å². The summed E-state index contributed by atoms with van der Waals surface area (Å²) in [4.78, 5) is 31.3. The van der Waals surface area contributed by atoms with Gasteiger partial charge in [0.2, 0.25) is 0 Å². The van der Waals surface area contributed by atoms with Crippen molar-refractivity contribution < 1.29 is 19.1 Å². The molecule has 2 aromatic heterocycles. The number of Topliss-reactive ketones (excluding diaryl/α,β-unsaturated/α-hetero) is 1. The number of likely N-dealkylation sites (tertiary alicyclic amines) is 1. The lowest BCUT2D eigenvalue weighted by atomic mass is 9.93. The lowest BCUT2D eigenvalue weighted by Crippen LogP contribution is -2.29. The van der Waals surface area contributed by atoms with Gasteiger partial charge < -0.3 is 14.4 Å². The number of carbonyl (C=O) groups is 2. The van der Waals surface area contributed by atoms with Crippen LogP contribution in [0, 0.1) is 0 Å². The van der Waals surface area contributed by atoms with E-state index in [0.717, 1.165) is 11.1 Å². The van der Waals surface area contributed by atoms with E-state index in [2.05, 4.69) is 18.8 Å². The fourth-order valence-corrected chi connectivity index (χ4v) is 3.69. The Labute approximate surface area is 174 Å². The molecule has 0 radical (unpaired) electrons. The summed E-state index contributed by atoms with van der Waals surface area (Å²) in [6.07, 6.45) is 4.58. The van der Waals surface area contributed by atoms with Crippen molar-refractivity contribution in [2.24, 2.45) is 0 Å². The number of aromatic nitrogens is 1. The van der Waals surface area contributed by atoms with Crippen molar-refractivity contribution in [2.75, 3.05) is 0 Å². The number of rotatable bonds is 5. The number of carbonyl (C=O) groups excluding carboxylic acids is 2. The Kier molecular flexibility index (Phi) is 5.23. The van der Waals surface area contributed by atoms with Crippen LogP contribution in [0.4, 0.5) is 0 Å². The Morgan fingerprint density at radius 1 is 1.10 bits per heavy atom. The molecule has 1 amide bonds. The Bertz CT molecular complexity index is 1080. The van der Waals surface area contributed by atoms with Crippen LogP contribution in [0.25, 0.3) is 5.76 Å². The molecule has 1 aromatic carbocycles. The predicted molar refractivity (Wildman–Crippen MR) is 111 cm³/mol. The molecule has 1 fully saturated rings. The number of aliphatic hydroxyl groups is 1. The molecule has 1 saturated heterocycles. The molecular formula is C24H22N2O4. The summed E-state index contributed by atoms with van der Waals surface area (Å²) < 4.78 is 5.40. The average molecular weight is 402 g/mol. The van der Waals surface area contributed by atoms with Gasteiger partial charge >= 0.3 is 0 Å². The highest BCUT2D eigenvalue weighted by molar-refractivity contribution is 6.46. The molecule has 30 heavy (non-hydrogen) atoms. The first kappa shape index (κ1) is 19.6. The van der Waals surface area contributed by atoms with E-state index in [-0.39, 0.29) is 17.9 Å². The Hall–Kier alpha value is -3.67. The predicted octanol–water partition coefficient (Wildman–Crippen LogP) is 4.42. The van der Waals surface area contributed by atoms with E-state index in [9.17, 15) is 14.7 Å². The van der Waals surface area contributed by atoms with E-state index < -0.39 is 17.7 Å². The van der Waals surface area contributed by atoms with Gasteiger partial charge in [0, 0.05) is 18.0 Å². The first-order valence-electron chi connectivity index (χ1n) is 9.78. The minimum Gasteiger partial charge on any atom is -0.507 e. The SMILES string of the molecule is CC(C)c1ccc(C2/C(=C(/O)c3ccncc3)C(=O)C(=O)N2Cc2ccco2)cc1. The number of benzene rings is 1. The highest BCUT2D eigenvalue weighted by atomic mass is 16.3. The summed E-state index contributed by atoms with van der Waals surface area (Å²) in [6.45, 7) is 4.32. The average Bonchev–Trinajstić information content (AvgIpc) is 3.36. The molecule has 1 unspecified atom stereocenters. The maximum absolute atomic E-state index is 13.0. The first-order chi connectivity index (χ1) is 14.5. The van der Waals surface area contributed by atoms with Crippen molar-refractivity contribution in [2.45, 2.75) is 32.4 Å². The van der Waals surface area contributed by atoms with E-state index in [1.807, 2.05) is 24.3 Å².